The van der Waals surface area contributed by atoms with Crippen LogP contribution in [0.5, 0.6) is 0 Å². The van der Waals surface area contributed by atoms with E-state index in [1.807, 2.05) is 36.4 Å². The van der Waals surface area contributed by atoms with Crippen molar-refractivity contribution in [3.63, 3.8) is 0 Å². The average molecular weight is 325 g/mol. The van der Waals surface area contributed by atoms with Crippen LogP contribution < -0.4 is 5.69 Å². The molecule has 124 valence electrons. The van der Waals surface area contributed by atoms with Gasteiger partial charge in [0, 0.05) is 13.1 Å². The number of halogens is 1. The molecule has 2 aromatic carbocycles. The molecule has 3 aromatic rings. The Bertz CT molecular complexity index is 889. The van der Waals surface area contributed by atoms with E-state index in [0.29, 0.717) is 12.6 Å². The molecule has 0 radical (unpaired) electrons. The van der Waals surface area contributed by atoms with E-state index in [9.17, 15) is 9.18 Å². The quantitative estimate of drug-likeness (QED) is 0.803. The number of likely N-dealkylation sites (tertiary alicyclic amines) is 1. The predicted molar refractivity (Wildman–Crippen MR) is 92.5 cm³/mol. The molecule has 0 atom stereocenters. The maximum Gasteiger partial charge on any atom is 0.327 e. The van der Waals surface area contributed by atoms with Gasteiger partial charge in [-0.25, -0.2) is 9.18 Å². The summed E-state index contributed by atoms with van der Waals surface area (Å²) >= 11 is 0. The van der Waals surface area contributed by atoms with Gasteiger partial charge in [-0.1, -0.05) is 24.3 Å². The fraction of sp³-hybridized carbons (Fsp3) is 0.316. The number of imidazole rings is 1. The van der Waals surface area contributed by atoms with E-state index < -0.39 is 0 Å². The molecule has 0 spiro atoms. The largest absolute Gasteiger partial charge is 0.327 e. The lowest BCUT2D eigenvalue weighted by Gasteiger charge is -2.32. The van der Waals surface area contributed by atoms with Crippen LogP contribution in [0.4, 0.5) is 4.39 Å². The van der Waals surface area contributed by atoms with Crippen molar-refractivity contribution in [2.45, 2.75) is 25.4 Å². The minimum atomic E-state index is -0.185. The highest BCUT2D eigenvalue weighted by molar-refractivity contribution is 5.74. The minimum absolute atomic E-state index is 0.0585. The van der Waals surface area contributed by atoms with Crippen LogP contribution in [-0.4, -0.2) is 27.5 Å². The normalized spacial score (nSPS) is 16.7. The molecule has 1 aliphatic rings. The van der Waals surface area contributed by atoms with Gasteiger partial charge in [-0.05, 0) is 48.6 Å². The standard InChI is InChI=1S/C19H20FN3O/c20-16-7-5-14(6-8-16)15-9-11-22(12-10-15)13-23-18-4-2-1-3-17(18)21-19(23)24/h1-8,15H,9-13H2,(H,21,24). The first-order valence-electron chi connectivity index (χ1n) is 8.36. The molecule has 0 amide bonds. The highest BCUT2D eigenvalue weighted by Gasteiger charge is 2.21. The molecule has 1 N–H and O–H groups in total. The molecular formula is C19H20FN3O. The zero-order chi connectivity index (χ0) is 16.5. The Labute approximate surface area is 139 Å². The Balaban J connectivity index is 1.45. The van der Waals surface area contributed by atoms with Crippen molar-refractivity contribution in [3.8, 4) is 0 Å². The second kappa shape index (κ2) is 6.24. The summed E-state index contributed by atoms with van der Waals surface area (Å²) in [5.41, 5.74) is 2.98. The van der Waals surface area contributed by atoms with Gasteiger partial charge in [0.05, 0.1) is 17.7 Å². The van der Waals surface area contributed by atoms with E-state index in [-0.39, 0.29) is 11.5 Å². The summed E-state index contributed by atoms with van der Waals surface area (Å²) in [6.07, 6.45) is 2.06. The van der Waals surface area contributed by atoms with Gasteiger partial charge in [0.1, 0.15) is 5.82 Å². The highest BCUT2D eigenvalue weighted by atomic mass is 19.1. The molecule has 1 saturated heterocycles. The number of aromatic amines is 1. The Morgan fingerprint density at radius 3 is 2.50 bits per heavy atom. The van der Waals surface area contributed by atoms with Crippen LogP contribution in [0.3, 0.4) is 0 Å². The number of hydrogen-bond acceptors (Lipinski definition) is 2. The van der Waals surface area contributed by atoms with Crippen LogP contribution in [-0.2, 0) is 6.67 Å². The Kier molecular flexibility index (Phi) is 3.94. The number of aromatic nitrogens is 2. The average Bonchev–Trinajstić information content (AvgIpc) is 2.92. The number of fused-ring (bicyclic) bond motifs is 1. The van der Waals surface area contributed by atoms with E-state index in [1.165, 1.54) is 17.7 Å². The Morgan fingerprint density at radius 1 is 1.04 bits per heavy atom. The van der Waals surface area contributed by atoms with Crippen molar-refractivity contribution in [1.29, 1.82) is 0 Å². The van der Waals surface area contributed by atoms with Crippen LogP contribution in [0.25, 0.3) is 11.0 Å². The van der Waals surface area contributed by atoms with Crippen molar-refractivity contribution >= 4 is 11.0 Å². The van der Waals surface area contributed by atoms with Gasteiger partial charge in [-0.2, -0.15) is 0 Å². The lowest BCUT2D eigenvalue weighted by Crippen LogP contribution is -2.37. The second-order valence-corrected chi connectivity index (χ2v) is 6.46. The number of hydrogen-bond donors (Lipinski definition) is 1. The van der Waals surface area contributed by atoms with Gasteiger partial charge in [0.2, 0.25) is 0 Å². The lowest BCUT2D eigenvalue weighted by molar-refractivity contribution is 0.170. The van der Waals surface area contributed by atoms with Crippen molar-refractivity contribution in [1.82, 2.24) is 14.5 Å². The summed E-state index contributed by atoms with van der Waals surface area (Å²) in [6, 6.07) is 14.6. The third kappa shape index (κ3) is 2.87. The molecule has 2 heterocycles. The maximum absolute atomic E-state index is 13.0. The first kappa shape index (κ1) is 15.1. The molecule has 4 nitrogen and oxygen atoms in total. The van der Waals surface area contributed by atoms with Gasteiger partial charge >= 0.3 is 5.69 Å². The van der Waals surface area contributed by atoms with E-state index in [0.717, 1.165) is 37.0 Å². The number of nitrogens with one attached hydrogen (secondary N) is 1. The summed E-state index contributed by atoms with van der Waals surface area (Å²) in [6.45, 7) is 2.49. The van der Waals surface area contributed by atoms with Crippen molar-refractivity contribution in [3.05, 3.63) is 70.4 Å². The smallest absolute Gasteiger partial charge is 0.306 e. The fourth-order valence-electron chi connectivity index (χ4n) is 3.59. The fourth-order valence-corrected chi connectivity index (χ4v) is 3.59. The third-order valence-electron chi connectivity index (χ3n) is 4.95. The number of nitrogens with zero attached hydrogens (tertiary/aromatic N) is 2. The van der Waals surface area contributed by atoms with Crippen LogP contribution in [0.15, 0.2) is 53.3 Å². The zero-order valence-corrected chi connectivity index (χ0v) is 13.4. The number of piperidine rings is 1. The maximum atomic E-state index is 13.0. The summed E-state index contributed by atoms with van der Waals surface area (Å²) in [5.74, 6) is 0.288. The molecule has 1 aromatic heterocycles. The number of H-pyrrole nitrogens is 1. The number of benzene rings is 2. The topological polar surface area (TPSA) is 41.0 Å². The highest BCUT2D eigenvalue weighted by Crippen LogP contribution is 2.28. The monoisotopic (exact) mass is 325 g/mol. The molecule has 1 fully saturated rings. The minimum Gasteiger partial charge on any atom is -0.306 e. The van der Waals surface area contributed by atoms with Crippen molar-refractivity contribution in [2.24, 2.45) is 0 Å². The van der Waals surface area contributed by atoms with E-state index >= 15 is 0 Å². The van der Waals surface area contributed by atoms with Crippen molar-refractivity contribution in [2.75, 3.05) is 13.1 Å². The van der Waals surface area contributed by atoms with E-state index in [1.54, 1.807) is 4.57 Å². The molecular weight excluding hydrogens is 305 g/mol. The van der Waals surface area contributed by atoms with E-state index in [4.69, 9.17) is 0 Å². The Hall–Kier alpha value is -2.40. The van der Waals surface area contributed by atoms with Crippen LogP contribution >= 0.6 is 0 Å². The summed E-state index contributed by atoms with van der Waals surface area (Å²) in [7, 11) is 0. The Morgan fingerprint density at radius 2 is 1.75 bits per heavy atom. The van der Waals surface area contributed by atoms with Crippen LogP contribution in [0.2, 0.25) is 0 Å². The molecule has 24 heavy (non-hydrogen) atoms. The molecule has 0 saturated carbocycles. The van der Waals surface area contributed by atoms with Gasteiger partial charge in [-0.3, -0.25) is 9.47 Å². The van der Waals surface area contributed by atoms with E-state index in [2.05, 4.69) is 9.88 Å². The lowest BCUT2D eigenvalue weighted by atomic mass is 9.89. The number of para-hydroxylation sites is 2. The zero-order valence-electron chi connectivity index (χ0n) is 13.4. The molecule has 0 unspecified atom stereocenters. The summed E-state index contributed by atoms with van der Waals surface area (Å²) in [4.78, 5) is 17.4. The predicted octanol–water partition coefficient (Wildman–Crippen LogP) is 3.31. The number of rotatable bonds is 3. The van der Waals surface area contributed by atoms with Gasteiger partial charge in [0.15, 0.2) is 0 Å². The molecule has 4 rings (SSSR count). The first-order valence-corrected chi connectivity index (χ1v) is 8.36. The van der Waals surface area contributed by atoms with Gasteiger partial charge in [-0.15, -0.1) is 0 Å². The molecule has 0 aliphatic carbocycles. The van der Waals surface area contributed by atoms with Gasteiger partial charge in [0.25, 0.3) is 0 Å². The van der Waals surface area contributed by atoms with Crippen LogP contribution in [0.1, 0.15) is 24.3 Å². The first-order chi connectivity index (χ1) is 11.7. The summed E-state index contributed by atoms with van der Waals surface area (Å²) < 4.78 is 14.8. The molecule has 1 aliphatic heterocycles. The molecule has 5 heteroatoms. The van der Waals surface area contributed by atoms with Crippen molar-refractivity contribution < 1.29 is 4.39 Å². The SMILES string of the molecule is O=c1[nH]c2ccccc2n1CN1CCC(c2ccc(F)cc2)CC1. The third-order valence-corrected chi connectivity index (χ3v) is 4.95. The van der Waals surface area contributed by atoms with Gasteiger partial charge < -0.3 is 4.98 Å². The molecule has 0 bridgehead atoms. The summed E-state index contributed by atoms with van der Waals surface area (Å²) in [5, 5.41) is 0. The van der Waals surface area contributed by atoms with Crippen LogP contribution in [0, 0.1) is 5.82 Å². The second-order valence-electron chi connectivity index (χ2n) is 6.46.